The van der Waals surface area contributed by atoms with Crippen LogP contribution in [0.15, 0.2) is 36.4 Å². The molecule has 5 unspecified atom stereocenters. The molecular weight excluding hydrogens is 402 g/mol. The summed E-state index contributed by atoms with van der Waals surface area (Å²) < 4.78 is 35.0. The molecule has 0 aliphatic carbocycles. The quantitative estimate of drug-likeness (QED) is 0.566. The third-order valence-corrected chi connectivity index (χ3v) is 6.54. The second-order valence-electron chi connectivity index (χ2n) is 6.98. The Hall–Kier alpha value is -1.71. The van der Waals surface area contributed by atoms with E-state index >= 15 is 0 Å². The van der Waals surface area contributed by atoms with Crippen molar-refractivity contribution in [2.24, 2.45) is 0 Å². The van der Waals surface area contributed by atoms with Crippen LogP contribution < -0.4 is 4.74 Å². The summed E-state index contributed by atoms with van der Waals surface area (Å²) in [6, 6.07) is 9.62. The number of rotatable bonds is 6. The van der Waals surface area contributed by atoms with E-state index in [0.29, 0.717) is 24.3 Å². The topological polar surface area (TPSA) is 90.2 Å². The van der Waals surface area contributed by atoms with Gasteiger partial charge < -0.3 is 25.2 Å². The van der Waals surface area contributed by atoms with Gasteiger partial charge in [-0.1, -0.05) is 12.1 Å². The summed E-state index contributed by atoms with van der Waals surface area (Å²) in [5.41, 5.74) is 0.899. The molecule has 1 fully saturated rings. The molecule has 8 heteroatoms. The van der Waals surface area contributed by atoms with Gasteiger partial charge in [0.15, 0.2) is 0 Å². The molecule has 0 bridgehead atoms. The zero-order chi connectivity index (χ0) is 21.1. The highest BCUT2D eigenvalue weighted by Gasteiger charge is 2.45. The molecule has 29 heavy (non-hydrogen) atoms. The zero-order valence-corrected chi connectivity index (χ0v) is 16.6. The molecule has 1 aliphatic heterocycles. The first-order valence-corrected chi connectivity index (χ1v) is 10.3. The van der Waals surface area contributed by atoms with Crippen molar-refractivity contribution in [3.05, 3.63) is 64.7 Å². The molecule has 5 atom stereocenters. The Morgan fingerprint density at radius 2 is 1.55 bits per heavy atom. The molecule has 0 amide bonds. The predicted octanol–water partition coefficient (Wildman–Crippen LogP) is 2.19. The summed E-state index contributed by atoms with van der Waals surface area (Å²) in [5, 5.41) is 37.5. The van der Waals surface area contributed by atoms with Crippen molar-refractivity contribution in [3.63, 3.8) is 0 Å². The molecular formula is C21H24F2O5S. The van der Waals surface area contributed by atoms with Gasteiger partial charge in [0.2, 0.25) is 0 Å². The molecule has 0 saturated carbocycles. The van der Waals surface area contributed by atoms with Crippen molar-refractivity contribution in [1.82, 2.24) is 0 Å². The van der Waals surface area contributed by atoms with Crippen molar-refractivity contribution in [3.8, 4) is 5.75 Å². The van der Waals surface area contributed by atoms with E-state index < -0.39 is 47.1 Å². The van der Waals surface area contributed by atoms with Crippen LogP contribution in [-0.4, -0.2) is 57.2 Å². The summed E-state index contributed by atoms with van der Waals surface area (Å²) in [5.74, 6) is -0.975. The average molecular weight is 426 g/mol. The molecule has 0 radical (unpaired) electrons. The number of halogens is 2. The van der Waals surface area contributed by atoms with E-state index in [1.165, 1.54) is 12.1 Å². The fourth-order valence-corrected chi connectivity index (χ4v) is 4.92. The van der Waals surface area contributed by atoms with Crippen LogP contribution >= 0.6 is 11.8 Å². The van der Waals surface area contributed by atoms with Gasteiger partial charge in [-0.05, 0) is 48.7 Å². The highest BCUT2D eigenvalue weighted by atomic mass is 32.2. The van der Waals surface area contributed by atoms with Gasteiger partial charge >= 0.3 is 0 Å². The second kappa shape index (κ2) is 9.40. The van der Waals surface area contributed by atoms with Gasteiger partial charge in [-0.3, -0.25) is 0 Å². The van der Waals surface area contributed by atoms with Gasteiger partial charge in [-0.25, -0.2) is 8.78 Å². The Kier molecular flexibility index (Phi) is 7.13. The molecule has 158 valence electrons. The fourth-order valence-electron chi connectivity index (χ4n) is 3.46. The lowest BCUT2D eigenvalue weighted by Gasteiger charge is -2.39. The minimum atomic E-state index is -1.61. The van der Waals surface area contributed by atoms with Crippen molar-refractivity contribution in [2.75, 3.05) is 13.2 Å². The molecule has 1 heterocycles. The predicted molar refractivity (Wildman–Crippen MR) is 106 cm³/mol. The Morgan fingerprint density at radius 3 is 2.10 bits per heavy atom. The minimum Gasteiger partial charge on any atom is -0.494 e. The van der Waals surface area contributed by atoms with Gasteiger partial charge in [0, 0.05) is 5.56 Å². The van der Waals surface area contributed by atoms with Crippen LogP contribution in [0.3, 0.4) is 0 Å². The van der Waals surface area contributed by atoms with Gasteiger partial charge in [0.05, 0.1) is 35.9 Å². The zero-order valence-electron chi connectivity index (χ0n) is 15.8. The summed E-state index contributed by atoms with van der Waals surface area (Å²) in [7, 11) is 0. The number of ether oxygens (including phenoxy) is 1. The molecule has 2 aromatic carbocycles. The maximum atomic E-state index is 14.8. The highest BCUT2D eigenvalue weighted by Crippen LogP contribution is 2.44. The lowest BCUT2D eigenvalue weighted by molar-refractivity contribution is -0.0705. The van der Waals surface area contributed by atoms with E-state index in [0.717, 1.165) is 17.3 Å². The monoisotopic (exact) mass is 426 g/mol. The average Bonchev–Trinajstić information content (AvgIpc) is 2.69. The second-order valence-corrected chi connectivity index (χ2v) is 8.36. The summed E-state index contributed by atoms with van der Waals surface area (Å²) >= 11 is 0.845. The standard InChI is InChI=1S/C21H24F2O5S/c1-2-28-13-5-3-11(4-6-13)7-12-8-14(22)17(15(23)9-12)21-20(27)19(26)18(25)16(10-24)29-21/h3-6,8-9,16,18-21,24-27H,2,7,10H2,1H3. The SMILES string of the molecule is CCOc1ccc(Cc2cc(F)c(C3SC(CO)C(O)C(O)C3O)c(F)c2)cc1. The molecule has 1 saturated heterocycles. The van der Waals surface area contributed by atoms with Gasteiger partial charge in [-0.15, -0.1) is 11.8 Å². The summed E-state index contributed by atoms with van der Waals surface area (Å²) in [4.78, 5) is 0. The van der Waals surface area contributed by atoms with Crippen LogP contribution in [0.25, 0.3) is 0 Å². The van der Waals surface area contributed by atoms with E-state index in [2.05, 4.69) is 0 Å². The first kappa shape index (κ1) is 22.0. The van der Waals surface area contributed by atoms with Gasteiger partial charge in [0.1, 0.15) is 23.5 Å². The smallest absolute Gasteiger partial charge is 0.130 e. The van der Waals surface area contributed by atoms with Crippen LogP contribution in [-0.2, 0) is 6.42 Å². The van der Waals surface area contributed by atoms with Crippen LogP contribution in [0.5, 0.6) is 5.75 Å². The molecule has 3 rings (SSSR count). The Morgan fingerprint density at radius 1 is 0.931 bits per heavy atom. The third-order valence-electron chi connectivity index (χ3n) is 4.96. The lowest BCUT2D eigenvalue weighted by atomic mass is 9.94. The Labute approximate surface area is 172 Å². The molecule has 5 nitrogen and oxygen atoms in total. The molecule has 1 aliphatic rings. The number of benzene rings is 2. The number of hydrogen-bond acceptors (Lipinski definition) is 6. The van der Waals surface area contributed by atoms with E-state index in [-0.39, 0.29) is 5.56 Å². The van der Waals surface area contributed by atoms with Crippen LogP contribution in [0.2, 0.25) is 0 Å². The first-order valence-electron chi connectivity index (χ1n) is 9.35. The van der Waals surface area contributed by atoms with E-state index in [1.807, 2.05) is 19.1 Å². The summed E-state index contributed by atoms with van der Waals surface area (Å²) in [6.07, 6.45) is -4.26. The van der Waals surface area contributed by atoms with Gasteiger partial charge in [-0.2, -0.15) is 0 Å². The number of aliphatic hydroxyl groups is 4. The van der Waals surface area contributed by atoms with E-state index in [4.69, 9.17) is 4.74 Å². The van der Waals surface area contributed by atoms with Crippen molar-refractivity contribution < 1.29 is 33.9 Å². The number of thioether (sulfide) groups is 1. The number of aliphatic hydroxyl groups excluding tert-OH is 4. The van der Waals surface area contributed by atoms with Crippen molar-refractivity contribution >= 4 is 11.8 Å². The molecule has 2 aromatic rings. The minimum absolute atomic E-state index is 0.307. The van der Waals surface area contributed by atoms with E-state index in [1.54, 1.807) is 12.1 Å². The Bertz CT molecular complexity index is 807. The normalized spacial score (nSPS) is 27.1. The largest absolute Gasteiger partial charge is 0.494 e. The molecule has 4 N–H and O–H groups in total. The Balaban J connectivity index is 1.83. The van der Waals surface area contributed by atoms with Gasteiger partial charge in [0.25, 0.3) is 0 Å². The summed E-state index contributed by atoms with van der Waals surface area (Å²) in [6.45, 7) is 1.93. The number of hydrogen-bond donors (Lipinski definition) is 4. The van der Waals surface area contributed by atoms with Crippen molar-refractivity contribution in [2.45, 2.75) is 42.2 Å². The third kappa shape index (κ3) is 4.73. The molecule has 0 spiro atoms. The van der Waals surface area contributed by atoms with Crippen LogP contribution in [0, 0.1) is 11.6 Å². The van der Waals surface area contributed by atoms with Crippen LogP contribution in [0.4, 0.5) is 8.78 Å². The highest BCUT2D eigenvalue weighted by molar-refractivity contribution is 8.00. The fraction of sp³-hybridized carbons (Fsp3) is 0.429. The van der Waals surface area contributed by atoms with E-state index in [9.17, 15) is 29.2 Å². The lowest BCUT2D eigenvalue weighted by Crippen LogP contribution is -2.51. The molecule has 0 aromatic heterocycles. The first-order chi connectivity index (χ1) is 13.8. The van der Waals surface area contributed by atoms with Crippen LogP contribution in [0.1, 0.15) is 28.9 Å². The maximum Gasteiger partial charge on any atom is 0.130 e. The maximum absolute atomic E-state index is 14.8. The van der Waals surface area contributed by atoms with Crippen molar-refractivity contribution in [1.29, 1.82) is 0 Å².